The molecular weight excluding hydrogens is 306 g/mol. The number of amides is 1. The topological polar surface area (TPSA) is 116 Å². The molecule has 0 saturated carbocycles. The Morgan fingerprint density at radius 2 is 1.39 bits per heavy atom. The summed E-state index contributed by atoms with van der Waals surface area (Å²) in [5.74, 6) is -0.177. The van der Waals surface area contributed by atoms with E-state index < -0.39 is 9.85 Å². The summed E-state index contributed by atoms with van der Waals surface area (Å²) >= 11 is 0. The Hall–Kier alpha value is -3.49. The number of nitro benzene ring substituents is 2. The first kappa shape index (κ1) is 14.4. The van der Waals surface area contributed by atoms with Crippen LogP contribution in [0.4, 0.5) is 22.7 Å². The second-order valence-electron chi connectivity index (χ2n) is 4.77. The van der Waals surface area contributed by atoms with Crippen LogP contribution >= 0.6 is 0 Å². The van der Waals surface area contributed by atoms with Gasteiger partial charge in [0.15, 0.2) is 11.5 Å². The van der Waals surface area contributed by atoms with E-state index in [1.165, 1.54) is 48.2 Å². The highest BCUT2D eigenvalue weighted by atomic mass is 16.6. The van der Waals surface area contributed by atoms with Gasteiger partial charge < -0.3 is 4.74 Å². The number of fused-ring (bicyclic) bond motifs is 2. The minimum atomic E-state index is -0.593. The monoisotopic (exact) mass is 315 g/mol. The fourth-order valence-corrected chi connectivity index (χ4v) is 2.35. The third-order valence-electron chi connectivity index (χ3n) is 3.33. The summed E-state index contributed by atoms with van der Waals surface area (Å²) in [6.07, 6.45) is 0. The molecule has 1 heterocycles. The number of rotatable bonds is 2. The molecule has 2 aromatic rings. The largest absolute Gasteiger partial charge is 0.452 e. The molecule has 0 unspecified atom stereocenters. The Morgan fingerprint density at radius 1 is 0.957 bits per heavy atom. The number of ether oxygens (including phenoxy) is 1. The van der Waals surface area contributed by atoms with Gasteiger partial charge in [-0.1, -0.05) is 0 Å². The number of carbonyl (C=O) groups is 1. The molecule has 1 aliphatic rings. The molecule has 3 rings (SSSR count). The molecule has 23 heavy (non-hydrogen) atoms. The molecule has 0 aromatic heterocycles. The smallest absolute Gasteiger partial charge is 0.273 e. The summed E-state index contributed by atoms with van der Waals surface area (Å²) < 4.78 is 5.54. The van der Waals surface area contributed by atoms with Gasteiger partial charge >= 0.3 is 0 Å². The Labute approximate surface area is 129 Å². The summed E-state index contributed by atoms with van der Waals surface area (Å²) in [4.78, 5) is 33.8. The normalized spacial score (nSPS) is 12.0. The zero-order valence-corrected chi connectivity index (χ0v) is 11.8. The van der Waals surface area contributed by atoms with Crippen LogP contribution < -0.4 is 9.64 Å². The van der Waals surface area contributed by atoms with Gasteiger partial charge in [-0.05, 0) is 12.1 Å². The molecule has 0 aliphatic carbocycles. The predicted octanol–water partition coefficient (Wildman–Crippen LogP) is 3.29. The van der Waals surface area contributed by atoms with Crippen LogP contribution in [0.1, 0.15) is 6.92 Å². The maximum absolute atomic E-state index is 12.0. The van der Waals surface area contributed by atoms with Crippen LogP contribution in [0, 0.1) is 20.2 Å². The average molecular weight is 315 g/mol. The third-order valence-corrected chi connectivity index (χ3v) is 3.33. The van der Waals surface area contributed by atoms with Crippen LogP contribution in [-0.2, 0) is 4.79 Å². The van der Waals surface area contributed by atoms with Crippen LogP contribution in [0.3, 0.4) is 0 Å². The number of non-ortho nitro benzene ring substituents is 2. The van der Waals surface area contributed by atoms with E-state index >= 15 is 0 Å². The fraction of sp³-hybridized carbons (Fsp3) is 0.0714. The molecule has 116 valence electrons. The van der Waals surface area contributed by atoms with Crippen molar-refractivity contribution >= 4 is 28.7 Å². The molecule has 0 saturated heterocycles. The lowest BCUT2D eigenvalue weighted by atomic mass is 10.1. The van der Waals surface area contributed by atoms with Gasteiger partial charge in [0.2, 0.25) is 5.91 Å². The molecule has 1 aliphatic heterocycles. The van der Waals surface area contributed by atoms with Crippen molar-refractivity contribution < 1.29 is 19.4 Å². The van der Waals surface area contributed by atoms with Crippen molar-refractivity contribution in [2.24, 2.45) is 0 Å². The highest BCUT2D eigenvalue weighted by molar-refractivity contribution is 6.03. The first-order chi connectivity index (χ1) is 10.9. The molecule has 1 amide bonds. The lowest BCUT2D eigenvalue weighted by molar-refractivity contribution is -0.384. The van der Waals surface area contributed by atoms with Gasteiger partial charge in [-0.3, -0.25) is 29.9 Å². The number of carbonyl (C=O) groups excluding carboxylic acids is 1. The summed E-state index contributed by atoms with van der Waals surface area (Å²) in [6, 6.07) is 7.67. The van der Waals surface area contributed by atoms with Crippen LogP contribution in [0.15, 0.2) is 36.4 Å². The van der Waals surface area contributed by atoms with Crippen molar-refractivity contribution in [3.8, 4) is 11.5 Å². The molecule has 9 heteroatoms. The van der Waals surface area contributed by atoms with Gasteiger partial charge in [-0.15, -0.1) is 0 Å². The maximum Gasteiger partial charge on any atom is 0.273 e. The van der Waals surface area contributed by atoms with Crippen molar-refractivity contribution in [1.29, 1.82) is 0 Å². The van der Waals surface area contributed by atoms with E-state index in [9.17, 15) is 25.0 Å². The van der Waals surface area contributed by atoms with Crippen molar-refractivity contribution in [3.05, 3.63) is 56.6 Å². The summed E-state index contributed by atoms with van der Waals surface area (Å²) in [6.45, 7) is 1.32. The van der Waals surface area contributed by atoms with Gasteiger partial charge in [0.05, 0.1) is 33.4 Å². The van der Waals surface area contributed by atoms with Crippen molar-refractivity contribution in [2.75, 3.05) is 4.90 Å². The third kappa shape index (κ3) is 2.33. The van der Waals surface area contributed by atoms with Crippen molar-refractivity contribution in [1.82, 2.24) is 0 Å². The number of nitro groups is 2. The molecule has 0 radical (unpaired) electrons. The molecule has 9 nitrogen and oxygen atoms in total. The predicted molar refractivity (Wildman–Crippen MR) is 79.1 cm³/mol. The first-order valence-electron chi connectivity index (χ1n) is 6.44. The van der Waals surface area contributed by atoms with E-state index in [0.29, 0.717) is 11.4 Å². The van der Waals surface area contributed by atoms with Gasteiger partial charge in [-0.2, -0.15) is 0 Å². The summed E-state index contributed by atoms with van der Waals surface area (Å²) in [5.41, 5.74) is 0.260. The number of benzene rings is 2. The molecule has 0 fully saturated rings. The second kappa shape index (κ2) is 5.05. The molecule has 0 N–H and O–H groups in total. The second-order valence-corrected chi connectivity index (χ2v) is 4.77. The highest BCUT2D eigenvalue weighted by Gasteiger charge is 2.30. The molecule has 0 atom stereocenters. The molecule has 0 bridgehead atoms. The zero-order chi connectivity index (χ0) is 16.7. The molecular formula is C14H9N3O6. The van der Waals surface area contributed by atoms with Crippen molar-refractivity contribution in [2.45, 2.75) is 6.92 Å². The van der Waals surface area contributed by atoms with Gasteiger partial charge in [0.1, 0.15) is 0 Å². The summed E-state index contributed by atoms with van der Waals surface area (Å²) in [5, 5.41) is 21.7. The number of anilines is 2. The Bertz CT molecular complexity index is 800. The Balaban J connectivity index is 2.19. The molecule has 0 spiro atoms. The van der Waals surface area contributed by atoms with E-state index in [4.69, 9.17) is 4.74 Å². The first-order valence-corrected chi connectivity index (χ1v) is 6.44. The molecule has 2 aromatic carbocycles. The van der Waals surface area contributed by atoms with Gasteiger partial charge in [0, 0.05) is 19.1 Å². The van der Waals surface area contributed by atoms with Crippen LogP contribution in [0.25, 0.3) is 0 Å². The van der Waals surface area contributed by atoms with Gasteiger partial charge in [-0.25, -0.2) is 0 Å². The number of nitrogens with zero attached hydrogens (tertiary/aromatic N) is 3. The van der Waals surface area contributed by atoms with Gasteiger partial charge in [0.25, 0.3) is 11.4 Å². The quantitative estimate of drug-likeness (QED) is 0.620. The minimum absolute atomic E-state index is 0.0856. The number of hydrogen-bond acceptors (Lipinski definition) is 6. The summed E-state index contributed by atoms with van der Waals surface area (Å²) in [7, 11) is 0. The minimum Gasteiger partial charge on any atom is -0.452 e. The lowest BCUT2D eigenvalue weighted by Crippen LogP contribution is -2.26. The average Bonchev–Trinajstić information content (AvgIpc) is 2.50. The van der Waals surface area contributed by atoms with E-state index in [1.54, 1.807) is 0 Å². The van der Waals surface area contributed by atoms with E-state index in [0.717, 1.165) is 0 Å². The zero-order valence-electron chi connectivity index (χ0n) is 11.8. The Kier molecular flexibility index (Phi) is 3.17. The standard InChI is InChI=1S/C14H9N3O6/c1-8(18)15-11-4-2-9(16(19)20)6-13(11)23-14-7-10(17(21)22)3-5-12(14)15/h2-7H,1H3. The fourth-order valence-electron chi connectivity index (χ4n) is 2.35. The highest BCUT2D eigenvalue weighted by Crippen LogP contribution is 2.48. The van der Waals surface area contributed by atoms with Crippen molar-refractivity contribution in [3.63, 3.8) is 0 Å². The van der Waals surface area contributed by atoms with E-state index in [1.807, 2.05) is 0 Å². The Morgan fingerprint density at radius 3 is 1.74 bits per heavy atom. The van der Waals surface area contributed by atoms with E-state index in [-0.39, 0.29) is 28.8 Å². The maximum atomic E-state index is 12.0. The van der Waals surface area contributed by atoms with Crippen LogP contribution in [-0.4, -0.2) is 15.8 Å². The van der Waals surface area contributed by atoms with Crippen LogP contribution in [0.5, 0.6) is 11.5 Å². The SMILES string of the molecule is CC(=O)N1c2ccc([N+](=O)[O-])cc2Oc2cc([N+](=O)[O-])ccc21. The number of hydrogen-bond donors (Lipinski definition) is 0. The van der Waals surface area contributed by atoms with Crippen LogP contribution in [0.2, 0.25) is 0 Å². The van der Waals surface area contributed by atoms with E-state index in [2.05, 4.69) is 0 Å². The lowest BCUT2D eigenvalue weighted by Gasteiger charge is -2.29.